The molecular weight excluding hydrogens is 240 g/mol. The van der Waals surface area contributed by atoms with Crippen molar-refractivity contribution < 1.29 is 5.11 Å². The second kappa shape index (κ2) is 6.29. The first-order chi connectivity index (χ1) is 9.27. The molecule has 0 saturated heterocycles. The highest BCUT2D eigenvalue weighted by molar-refractivity contribution is 5.74. The van der Waals surface area contributed by atoms with Crippen molar-refractivity contribution in [2.75, 3.05) is 6.61 Å². The largest absolute Gasteiger partial charge is 0.396 e. The summed E-state index contributed by atoms with van der Waals surface area (Å²) in [7, 11) is 0. The predicted molar refractivity (Wildman–Crippen MR) is 76.2 cm³/mol. The van der Waals surface area contributed by atoms with Crippen LogP contribution in [0.5, 0.6) is 0 Å². The molecule has 0 aliphatic rings. The van der Waals surface area contributed by atoms with Crippen LogP contribution in [-0.4, -0.2) is 21.3 Å². The number of hydrogen-bond donors (Lipinski definition) is 1. The van der Waals surface area contributed by atoms with Gasteiger partial charge >= 0.3 is 0 Å². The molecule has 4 nitrogen and oxygen atoms in total. The molecule has 0 atom stereocenters. The molecule has 0 aliphatic carbocycles. The molecule has 2 aromatic rings. The fourth-order valence-electron chi connectivity index (χ4n) is 2.12. The van der Waals surface area contributed by atoms with Crippen molar-refractivity contribution >= 4 is 11.0 Å². The van der Waals surface area contributed by atoms with Gasteiger partial charge in [-0.15, -0.1) is 6.58 Å². The monoisotopic (exact) mass is 258 g/mol. The Bertz CT molecular complexity index is 632. The minimum absolute atomic E-state index is 0.0588. The van der Waals surface area contributed by atoms with Crippen molar-refractivity contribution in [1.29, 1.82) is 0 Å². The summed E-state index contributed by atoms with van der Waals surface area (Å²) in [6.45, 7) is 4.32. The molecule has 19 heavy (non-hydrogen) atoms. The summed E-state index contributed by atoms with van der Waals surface area (Å²) in [5, 5.41) is 8.81. The third-order valence-electron chi connectivity index (χ3n) is 3.05. The van der Waals surface area contributed by atoms with Gasteiger partial charge in [0, 0.05) is 13.2 Å². The summed E-state index contributed by atoms with van der Waals surface area (Å²) < 4.78 is 1.70. The highest BCUT2D eigenvalue weighted by Crippen LogP contribution is 2.11. The van der Waals surface area contributed by atoms with Crippen molar-refractivity contribution in [3.8, 4) is 0 Å². The quantitative estimate of drug-likeness (QED) is 0.636. The zero-order chi connectivity index (χ0) is 13.7. The van der Waals surface area contributed by atoms with Crippen LogP contribution in [0.1, 0.15) is 18.5 Å². The molecule has 4 heteroatoms. The fraction of sp³-hybridized carbons (Fsp3) is 0.333. The number of para-hydroxylation sites is 2. The lowest BCUT2D eigenvalue weighted by atomic mass is 10.2. The topological polar surface area (TPSA) is 55.1 Å². The van der Waals surface area contributed by atoms with Crippen LogP contribution in [0.2, 0.25) is 0 Å². The average Bonchev–Trinajstić information content (AvgIpc) is 2.43. The molecule has 0 amide bonds. The van der Waals surface area contributed by atoms with E-state index >= 15 is 0 Å². The van der Waals surface area contributed by atoms with Crippen LogP contribution in [0.3, 0.4) is 0 Å². The third kappa shape index (κ3) is 2.90. The number of aliphatic hydroxyl groups excluding tert-OH is 1. The minimum atomic E-state index is -0.0588. The predicted octanol–water partition coefficient (Wildman–Crippen LogP) is 1.90. The van der Waals surface area contributed by atoms with E-state index in [1.807, 2.05) is 24.3 Å². The molecule has 1 heterocycles. The van der Waals surface area contributed by atoms with Crippen LogP contribution < -0.4 is 5.56 Å². The van der Waals surface area contributed by atoms with Gasteiger partial charge < -0.3 is 9.67 Å². The van der Waals surface area contributed by atoms with Crippen molar-refractivity contribution in [1.82, 2.24) is 9.55 Å². The summed E-state index contributed by atoms with van der Waals surface area (Å²) in [4.78, 5) is 16.8. The van der Waals surface area contributed by atoms with Crippen LogP contribution in [0.15, 0.2) is 41.7 Å². The van der Waals surface area contributed by atoms with E-state index in [9.17, 15) is 4.79 Å². The van der Waals surface area contributed by atoms with Gasteiger partial charge in [-0.05, 0) is 31.4 Å². The summed E-state index contributed by atoms with van der Waals surface area (Å²) in [6.07, 6.45) is 3.77. The Balaban J connectivity index is 2.50. The van der Waals surface area contributed by atoms with Gasteiger partial charge in [0.25, 0.3) is 5.56 Å². The third-order valence-corrected chi connectivity index (χ3v) is 3.05. The van der Waals surface area contributed by atoms with Crippen molar-refractivity contribution in [3.63, 3.8) is 0 Å². The smallest absolute Gasteiger partial charge is 0.273 e. The van der Waals surface area contributed by atoms with Gasteiger partial charge in [0.2, 0.25) is 0 Å². The van der Waals surface area contributed by atoms with Gasteiger partial charge in [0.05, 0.1) is 11.0 Å². The maximum Gasteiger partial charge on any atom is 0.273 e. The van der Waals surface area contributed by atoms with E-state index in [1.54, 1.807) is 10.6 Å². The molecule has 0 fully saturated rings. The first-order valence-corrected chi connectivity index (χ1v) is 6.48. The second-order valence-electron chi connectivity index (χ2n) is 4.43. The molecule has 1 N–H and O–H groups in total. The van der Waals surface area contributed by atoms with Gasteiger partial charge in [-0.25, -0.2) is 4.98 Å². The molecule has 1 aromatic carbocycles. The van der Waals surface area contributed by atoms with E-state index in [-0.39, 0.29) is 12.2 Å². The Morgan fingerprint density at radius 1 is 1.32 bits per heavy atom. The molecular formula is C15H18N2O2. The number of nitrogens with zero attached hydrogens (tertiary/aromatic N) is 2. The first-order valence-electron chi connectivity index (χ1n) is 6.48. The Morgan fingerprint density at radius 3 is 2.84 bits per heavy atom. The second-order valence-corrected chi connectivity index (χ2v) is 4.43. The molecule has 0 unspecified atom stereocenters. The number of aryl methyl sites for hydroxylation is 1. The molecule has 0 bridgehead atoms. The van der Waals surface area contributed by atoms with Crippen LogP contribution >= 0.6 is 0 Å². The van der Waals surface area contributed by atoms with Crippen LogP contribution in [-0.2, 0) is 13.0 Å². The van der Waals surface area contributed by atoms with E-state index < -0.39 is 0 Å². The van der Waals surface area contributed by atoms with Crippen molar-refractivity contribution in [2.24, 2.45) is 0 Å². The van der Waals surface area contributed by atoms with E-state index in [2.05, 4.69) is 11.6 Å². The van der Waals surface area contributed by atoms with Crippen molar-refractivity contribution in [2.45, 2.75) is 25.8 Å². The molecule has 0 radical (unpaired) electrons. The summed E-state index contributed by atoms with van der Waals surface area (Å²) in [5.74, 6) is 0. The number of aliphatic hydroxyl groups is 1. The number of fused-ring (bicyclic) bond motifs is 1. The number of unbranched alkanes of at least 4 members (excludes halogenated alkanes) is 1. The minimum Gasteiger partial charge on any atom is -0.396 e. The maximum absolute atomic E-state index is 12.4. The Hall–Kier alpha value is -1.94. The number of hydrogen-bond acceptors (Lipinski definition) is 3. The van der Waals surface area contributed by atoms with Gasteiger partial charge in [-0.3, -0.25) is 4.79 Å². The first kappa shape index (κ1) is 13.5. The van der Waals surface area contributed by atoms with E-state index in [0.29, 0.717) is 25.1 Å². The van der Waals surface area contributed by atoms with Gasteiger partial charge in [-0.1, -0.05) is 18.2 Å². The zero-order valence-corrected chi connectivity index (χ0v) is 10.9. The Kier molecular flexibility index (Phi) is 4.47. The molecule has 0 saturated carbocycles. The standard InChI is InChI=1S/C15H18N2O2/c1-2-10-17-14-9-4-3-7-12(14)16-13(15(17)19)8-5-6-11-18/h2-4,7,9,18H,1,5-6,8,10-11H2. The number of rotatable bonds is 6. The lowest BCUT2D eigenvalue weighted by molar-refractivity contribution is 0.284. The van der Waals surface area contributed by atoms with Gasteiger partial charge in [0.1, 0.15) is 5.69 Å². The summed E-state index contributed by atoms with van der Waals surface area (Å²) in [6, 6.07) is 7.61. The summed E-state index contributed by atoms with van der Waals surface area (Å²) in [5.41, 5.74) is 2.16. The lowest BCUT2D eigenvalue weighted by Gasteiger charge is -2.10. The normalized spacial score (nSPS) is 10.8. The maximum atomic E-state index is 12.4. The van der Waals surface area contributed by atoms with E-state index in [4.69, 9.17) is 5.11 Å². The van der Waals surface area contributed by atoms with Crippen LogP contribution in [0, 0.1) is 0 Å². The number of allylic oxidation sites excluding steroid dienone is 1. The Morgan fingerprint density at radius 2 is 2.11 bits per heavy atom. The zero-order valence-electron chi connectivity index (χ0n) is 10.9. The summed E-state index contributed by atoms with van der Waals surface area (Å²) >= 11 is 0. The van der Waals surface area contributed by atoms with E-state index in [0.717, 1.165) is 17.5 Å². The Labute approximate surface area is 112 Å². The number of aromatic nitrogens is 2. The van der Waals surface area contributed by atoms with Gasteiger partial charge in [-0.2, -0.15) is 0 Å². The van der Waals surface area contributed by atoms with E-state index in [1.165, 1.54) is 0 Å². The van der Waals surface area contributed by atoms with Crippen LogP contribution in [0.25, 0.3) is 11.0 Å². The van der Waals surface area contributed by atoms with Crippen LogP contribution in [0.4, 0.5) is 0 Å². The SMILES string of the molecule is C=CCn1c(=O)c(CCCCO)nc2ccccc21. The molecule has 0 spiro atoms. The van der Waals surface area contributed by atoms with Gasteiger partial charge in [0.15, 0.2) is 0 Å². The van der Waals surface area contributed by atoms with Crippen molar-refractivity contribution in [3.05, 3.63) is 53.0 Å². The molecule has 0 aliphatic heterocycles. The molecule has 1 aromatic heterocycles. The highest BCUT2D eigenvalue weighted by atomic mass is 16.2. The number of benzene rings is 1. The molecule has 2 rings (SSSR count). The average molecular weight is 258 g/mol. The highest BCUT2D eigenvalue weighted by Gasteiger charge is 2.09. The molecule has 100 valence electrons. The fourth-order valence-corrected chi connectivity index (χ4v) is 2.12. The lowest BCUT2D eigenvalue weighted by Crippen LogP contribution is -2.25.